The number of aromatic nitrogens is 2. The molecule has 4 nitrogen and oxygen atoms in total. The molecule has 0 saturated heterocycles. The van der Waals surface area contributed by atoms with E-state index in [4.69, 9.17) is 0 Å². The molecule has 0 radical (unpaired) electrons. The third kappa shape index (κ3) is 3.79. The maximum atomic E-state index is 12.1. The van der Waals surface area contributed by atoms with Crippen molar-refractivity contribution >= 4 is 16.6 Å². The molecular weight excluding hydrogens is 319 g/mol. The van der Waals surface area contributed by atoms with E-state index in [2.05, 4.69) is 15.2 Å². The molecule has 7 heteroatoms. The summed E-state index contributed by atoms with van der Waals surface area (Å²) < 4.78 is 42.1. The summed E-state index contributed by atoms with van der Waals surface area (Å²) in [4.78, 5) is 0. The zero-order valence-corrected chi connectivity index (χ0v) is 13.0. The maximum absolute atomic E-state index is 12.1. The summed E-state index contributed by atoms with van der Waals surface area (Å²) in [5.41, 5.74) is 2.85. The van der Waals surface area contributed by atoms with Gasteiger partial charge in [0.2, 0.25) is 0 Å². The van der Waals surface area contributed by atoms with Gasteiger partial charge in [-0.2, -0.15) is 5.10 Å². The summed E-state index contributed by atoms with van der Waals surface area (Å²) in [7, 11) is 0. The number of nitrogens with one attached hydrogen (secondary N) is 1. The number of anilines is 1. The second kappa shape index (κ2) is 6.43. The summed E-state index contributed by atoms with van der Waals surface area (Å²) in [6, 6.07) is 11.8. The van der Waals surface area contributed by atoms with Crippen LogP contribution in [0.3, 0.4) is 0 Å². The lowest BCUT2D eigenvalue weighted by Crippen LogP contribution is -2.17. The Balaban J connectivity index is 1.65. The highest BCUT2D eigenvalue weighted by molar-refractivity contribution is 5.82. The lowest BCUT2D eigenvalue weighted by atomic mass is 10.2. The lowest BCUT2D eigenvalue weighted by Gasteiger charge is -2.10. The summed E-state index contributed by atoms with van der Waals surface area (Å²) in [6.07, 6.45) is -2.86. The number of ether oxygens (including phenoxy) is 1. The van der Waals surface area contributed by atoms with E-state index in [-0.39, 0.29) is 5.75 Å². The van der Waals surface area contributed by atoms with Gasteiger partial charge < -0.3 is 10.1 Å². The third-order valence-corrected chi connectivity index (χ3v) is 3.59. The van der Waals surface area contributed by atoms with Gasteiger partial charge in [0.15, 0.2) is 0 Å². The molecule has 3 rings (SSSR count). The predicted octanol–water partition coefficient (Wildman–Crippen LogP) is 4.57. The van der Waals surface area contributed by atoms with Gasteiger partial charge >= 0.3 is 6.36 Å². The second-order valence-corrected chi connectivity index (χ2v) is 5.28. The first kappa shape index (κ1) is 16.2. The van der Waals surface area contributed by atoms with E-state index in [1.165, 1.54) is 12.1 Å². The van der Waals surface area contributed by atoms with Gasteiger partial charge in [0.1, 0.15) is 5.75 Å². The predicted molar refractivity (Wildman–Crippen MR) is 85.9 cm³/mol. The number of alkyl halides is 3. The highest BCUT2D eigenvalue weighted by atomic mass is 19.4. The highest BCUT2D eigenvalue weighted by Crippen LogP contribution is 2.23. The monoisotopic (exact) mass is 335 g/mol. The van der Waals surface area contributed by atoms with Gasteiger partial charge in [0.05, 0.1) is 11.7 Å². The van der Waals surface area contributed by atoms with Crippen LogP contribution in [0.1, 0.15) is 12.5 Å². The minimum Gasteiger partial charge on any atom is -0.406 e. The van der Waals surface area contributed by atoms with Gasteiger partial charge in [0.25, 0.3) is 0 Å². The lowest BCUT2D eigenvalue weighted by molar-refractivity contribution is -0.274. The summed E-state index contributed by atoms with van der Waals surface area (Å²) >= 11 is 0. The Morgan fingerprint density at radius 2 is 1.88 bits per heavy atom. The van der Waals surface area contributed by atoms with Crippen LogP contribution in [0.25, 0.3) is 10.9 Å². The molecular formula is C17H16F3N3O. The maximum Gasteiger partial charge on any atom is 0.573 e. The second-order valence-electron chi connectivity index (χ2n) is 5.28. The zero-order chi connectivity index (χ0) is 17.2. The number of nitrogens with zero attached hydrogens (tertiary/aromatic N) is 2. The van der Waals surface area contributed by atoms with Crippen LogP contribution in [0.4, 0.5) is 18.9 Å². The molecule has 3 aromatic rings. The summed E-state index contributed by atoms with van der Waals surface area (Å²) in [5.74, 6) is -0.223. The van der Waals surface area contributed by atoms with E-state index < -0.39 is 6.36 Å². The molecule has 0 unspecified atom stereocenters. The number of benzene rings is 2. The number of fused-ring (bicyclic) bond motifs is 1. The molecule has 0 atom stereocenters. The van der Waals surface area contributed by atoms with E-state index in [0.29, 0.717) is 6.54 Å². The van der Waals surface area contributed by atoms with Crippen LogP contribution in [0.2, 0.25) is 0 Å². The first-order valence-corrected chi connectivity index (χ1v) is 7.49. The first-order chi connectivity index (χ1) is 11.4. The standard InChI is InChI=1S/C17H16F3N3O/c1-2-23-16-8-5-14(9-13(16)11-22-23)21-10-12-3-6-15(7-4-12)24-17(18,19)20/h3-9,11,21H,2,10H2,1H3. The fourth-order valence-corrected chi connectivity index (χ4v) is 2.46. The van der Waals surface area contributed by atoms with Crippen LogP contribution < -0.4 is 10.1 Å². The van der Waals surface area contributed by atoms with Crippen LogP contribution in [0.15, 0.2) is 48.7 Å². The van der Waals surface area contributed by atoms with Crippen LogP contribution in [0, 0.1) is 0 Å². The highest BCUT2D eigenvalue weighted by Gasteiger charge is 2.30. The largest absolute Gasteiger partial charge is 0.573 e. The van der Waals surface area contributed by atoms with Crippen LogP contribution >= 0.6 is 0 Å². The molecule has 0 fully saturated rings. The fraction of sp³-hybridized carbons (Fsp3) is 0.235. The number of halogens is 3. The quantitative estimate of drug-likeness (QED) is 0.742. The molecule has 0 saturated carbocycles. The average molecular weight is 335 g/mol. The van der Waals surface area contributed by atoms with Crippen molar-refractivity contribution in [2.45, 2.75) is 26.4 Å². The van der Waals surface area contributed by atoms with E-state index >= 15 is 0 Å². The van der Waals surface area contributed by atoms with E-state index in [1.54, 1.807) is 12.1 Å². The van der Waals surface area contributed by atoms with Crippen molar-refractivity contribution in [3.63, 3.8) is 0 Å². The number of aryl methyl sites for hydroxylation is 1. The van der Waals surface area contributed by atoms with Crippen molar-refractivity contribution in [1.82, 2.24) is 9.78 Å². The molecule has 0 aliphatic carbocycles. The normalized spacial score (nSPS) is 11.7. The minimum absolute atomic E-state index is 0.223. The summed E-state index contributed by atoms with van der Waals surface area (Å²) in [6.45, 7) is 3.34. The SMILES string of the molecule is CCn1ncc2cc(NCc3ccc(OC(F)(F)F)cc3)ccc21. The van der Waals surface area contributed by atoms with Crippen molar-refractivity contribution in [3.05, 3.63) is 54.2 Å². The van der Waals surface area contributed by atoms with Gasteiger partial charge in [-0.05, 0) is 42.8 Å². The van der Waals surface area contributed by atoms with Crippen molar-refractivity contribution < 1.29 is 17.9 Å². The topological polar surface area (TPSA) is 39.1 Å². The summed E-state index contributed by atoms with van der Waals surface area (Å²) in [5, 5.41) is 8.58. The van der Waals surface area contributed by atoms with E-state index in [0.717, 1.165) is 28.7 Å². The molecule has 0 bridgehead atoms. The zero-order valence-electron chi connectivity index (χ0n) is 13.0. The molecule has 0 amide bonds. The smallest absolute Gasteiger partial charge is 0.406 e. The van der Waals surface area contributed by atoms with Crippen molar-refractivity contribution in [2.75, 3.05) is 5.32 Å². The Labute approximate surface area is 136 Å². The average Bonchev–Trinajstić information content (AvgIpc) is 2.95. The van der Waals surface area contributed by atoms with Gasteiger partial charge in [-0.25, -0.2) is 0 Å². The molecule has 1 aromatic heterocycles. The molecule has 0 spiro atoms. The Morgan fingerprint density at radius 1 is 1.12 bits per heavy atom. The number of hydrogen-bond acceptors (Lipinski definition) is 3. The van der Waals surface area contributed by atoms with Crippen molar-refractivity contribution in [1.29, 1.82) is 0 Å². The molecule has 24 heavy (non-hydrogen) atoms. The van der Waals surface area contributed by atoms with Crippen molar-refractivity contribution in [2.24, 2.45) is 0 Å². The van der Waals surface area contributed by atoms with Crippen LogP contribution in [0.5, 0.6) is 5.75 Å². The molecule has 0 aliphatic heterocycles. The minimum atomic E-state index is -4.67. The van der Waals surface area contributed by atoms with Gasteiger partial charge in [-0.15, -0.1) is 13.2 Å². The molecule has 126 valence electrons. The Morgan fingerprint density at radius 3 is 2.54 bits per heavy atom. The molecule has 2 aromatic carbocycles. The number of hydrogen-bond donors (Lipinski definition) is 1. The fourth-order valence-electron chi connectivity index (χ4n) is 2.46. The molecule has 0 aliphatic rings. The molecule has 1 heterocycles. The Bertz CT molecular complexity index is 825. The Hall–Kier alpha value is -2.70. The van der Waals surface area contributed by atoms with Crippen LogP contribution in [-0.4, -0.2) is 16.1 Å². The van der Waals surface area contributed by atoms with Gasteiger partial charge in [-0.3, -0.25) is 4.68 Å². The van der Waals surface area contributed by atoms with Gasteiger partial charge in [-0.1, -0.05) is 12.1 Å². The van der Waals surface area contributed by atoms with E-state index in [1.807, 2.05) is 36.0 Å². The Kier molecular flexibility index (Phi) is 4.33. The number of rotatable bonds is 5. The molecule has 1 N–H and O–H groups in total. The van der Waals surface area contributed by atoms with Crippen LogP contribution in [-0.2, 0) is 13.1 Å². The van der Waals surface area contributed by atoms with Gasteiger partial charge in [0, 0.05) is 24.2 Å². The van der Waals surface area contributed by atoms with Crippen molar-refractivity contribution in [3.8, 4) is 5.75 Å². The first-order valence-electron chi connectivity index (χ1n) is 7.49. The third-order valence-electron chi connectivity index (χ3n) is 3.59. The van der Waals surface area contributed by atoms with E-state index in [9.17, 15) is 13.2 Å².